The van der Waals surface area contributed by atoms with Gasteiger partial charge in [-0.25, -0.2) is 13.2 Å². The number of carbonyl (C=O) groups excluding carboxylic acids is 1. The molecule has 0 unspecified atom stereocenters. The smallest absolute Gasteiger partial charge is 0.315 e. The van der Waals surface area contributed by atoms with Gasteiger partial charge in [-0.3, -0.25) is 0 Å². The van der Waals surface area contributed by atoms with E-state index >= 15 is 0 Å². The molecule has 1 aliphatic heterocycles. The van der Waals surface area contributed by atoms with Crippen LogP contribution in [-0.4, -0.2) is 32.0 Å². The molecule has 2 amide bonds. The summed E-state index contributed by atoms with van der Waals surface area (Å²) in [6.45, 7) is 8.04. The predicted octanol–water partition coefficient (Wildman–Crippen LogP) is 2.55. The number of hydrogen-bond donors (Lipinski definition) is 2. The summed E-state index contributed by atoms with van der Waals surface area (Å²) in [4.78, 5) is 12.2. The van der Waals surface area contributed by atoms with Gasteiger partial charge in [-0.05, 0) is 37.3 Å². The highest BCUT2D eigenvalue weighted by molar-refractivity contribution is 7.92. The highest BCUT2D eigenvalue weighted by atomic mass is 32.2. The van der Waals surface area contributed by atoms with Crippen molar-refractivity contribution < 1.29 is 17.6 Å². The molecule has 2 heterocycles. The first kappa shape index (κ1) is 17.8. The maximum atomic E-state index is 12.2. The van der Waals surface area contributed by atoms with Crippen molar-refractivity contribution >= 4 is 15.9 Å². The minimum Gasteiger partial charge on any atom is -0.464 e. The number of rotatable bonds is 4. The standard InChI is InChI=1S/C16H26N2O4S/c1-11-7-8-13(22-11)14(16(2,3)4)18-15(19)17-10-12-6-5-9-23(12,20)21/h7-8,12,14H,5-6,9-10H2,1-4H3,(H2,17,18,19)/t12-,14+/m1/s1. The lowest BCUT2D eigenvalue weighted by Gasteiger charge is -2.30. The lowest BCUT2D eigenvalue weighted by atomic mass is 9.85. The molecular formula is C16H26N2O4S. The van der Waals surface area contributed by atoms with E-state index in [1.165, 1.54) is 0 Å². The SMILES string of the molecule is Cc1ccc([C@H](NC(=O)NC[C@H]2CCCS2(=O)=O)C(C)(C)C)o1. The van der Waals surface area contributed by atoms with Gasteiger partial charge in [0.1, 0.15) is 11.5 Å². The second-order valence-electron chi connectivity index (χ2n) is 7.23. The van der Waals surface area contributed by atoms with Crippen molar-refractivity contribution in [3.63, 3.8) is 0 Å². The van der Waals surface area contributed by atoms with Crippen LogP contribution >= 0.6 is 0 Å². The molecule has 6 nitrogen and oxygen atoms in total. The third-order valence-electron chi connectivity index (χ3n) is 4.14. The summed E-state index contributed by atoms with van der Waals surface area (Å²) in [5.41, 5.74) is -0.235. The fourth-order valence-electron chi connectivity index (χ4n) is 2.80. The van der Waals surface area contributed by atoms with Gasteiger partial charge < -0.3 is 15.1 Å². The zero-order valence-corrected chi connectivity index (χ0v) is 15.0. The second-order valence-corrected chi connectivity index (χ2v) is 9.63. The molecule has 0 bridgehead atoms. The van der Waals surface area contributed by atoms with Crippen LogP contribution in [0.1, 0.15) is 51.2 Å². The molecule has 0 radical (unpaired) electrons. The van der Waals surface area contributed by atoms with E-state index in [2.05, 4.69) is 10.6 Å². The van der Waals surface area contributed by atoms with Gasteiger partial charge in [-0.2, -0.15) is 0 Å². The van der Waals surface area contributed by atoms with E-state index in [1.807, 2.05) is 39.8 Å². The number of nitrogens with one attached hydrogen (secondary N) is 2. The fourth-order valence-corrected chi connectivity index (χ4v) is 4.56. The maximum absolute atomic E-state index is 12.2. The topological polar surface area (TPSA) is 88.4 Å². The molecule has 1 fully saturated rings. The molecule has 1 aliphatic rings. The number of aryl methyl sites for hydroxylation is 1. The summed E-state index contributed by atoms with van der Waals surface area (Å²) in [5, 5.41) is 5.12. The van der Waals surface area contributed by atoms with Crippen molar-refractivity contribution in [3.05, 3.63) is 23.7 Å². The van der Waals surface area contributed by atoms with Gasteiger partial charge >= 0.3 is 6.03 Å². The zero-order valence-electron chi connectivity index (χ0n) is 14.2. The third-order valence-corrected chi connectivity index (χ3v) is 6.42. The number of hydrogen-bond acceptors (Lipinski definition) is 4. The van der Waals surface area contributed by atoms with Crippen LogP contribution in [0.3, 0.4) is 0 Å². The fraction of sp³-hybridized carbons (Fsp3) is 0.688. The van der Waals surface area contributed by atoms with Gasteiger partial charge in [0.15, 0.2) is 9.84 Å². The van der Waals surface area contributed by atoms with E-state index in [9.17, 15) is 13.2 Å². The minimum absolute atomic E-state index is 0.155. The van der Waals surface area contributed by atoms with Crippen LogP contribution in [0.15, 0.2) is 16.5 Å². The highest BCUT2D eigenvalue weighted by Crippen LogP contribution is 2.33. The van der Waals surface area contributed by atoms with Crippen LogP contribution in [-0.2, 0) is 9.84 Å². The Morgan fingerprint density at radius 2 is 2.09 bits per heavy atom. The highest BCUT2D eigenvalue weighted by Gasteiger charge is 2.33. The van der Waals surface area contributed by atoms with Crippen molar-refractivity contribution in [3.8, 4) is 0 Å². The van der Waals surface area contributed by atoms with Gasteiger partial charge in [0, 0.05) is 6.54 Å². The average molecular weight is 342 g/mol. The van der Waals surface area contributed by atoms with Gasteiger partial charge in [0.2, 0.25) is 0 Å². The molecule has 0 spiro atoms. The van der Waals surface area contributed by atoms with Gasteiger partial charge in [0.05, 0.1) is 17.0 Å². The van der Waals surface area contributed by atoms with Crippen molar-refractivity contribution in [2.24, 2.45) is 5.41 Å². The van der Waals surface area contributed by atoms with Crippen molar-refractivity contribution in [1.29, 1.82) is 0 Å². The van der Waals surface area contributed by atoms with Crippen molar-refractivity contribution in [2.45, 2.75) is 51.8 Å². The van der Waals surface area contributed by atoms with Crippen LogP contribution in [0.4, 0.5) is 4.79 Å². The first-order valence-electron chi connectivity index (χ1n) is 7.92. The van der Waals surface area contributed by atoms with Crippen molar-refractivity contribution in [2.75, 3.05) is 12.3 Å². The first-order valence-corrected chi connectivity index (χ1v) is 9.63. The molecule has 130 valence electrons. The molecule has 23 heavy (non-hydrogen) atoms. The summed E-state index contributed by atoms with van der Waals surface area (Å²) in [6, 6.07) is 3.04. The average Bonchev–Trinajstić information content (AvgIpc) is 2.98. The number of sulfone groups is 1. The van der Waals surface area contributed by atoms with E-state index in [0.717, 1.165) is 5.76 Å². The minimum atomic E-state index is -3.05. The first-order chi connectivity index (χ1) is 10.6. The molecule has 0 saturated carbocycles. The summed E-state index contributed by atoms with van der Waals surface area (Å²) >= 11 is 0. The summed E-state index contributed by atoms with van der Waals surface area (Å²) in [7, 11) is -3.05. The normalized spacial score (nSPS) is 21.8. The molecule has 1 aromatic rings. The van der Waals surface area contributed by atoms with Crippen LogP contribution in [0.2, 0.25) is 0 Å². The molecule has 2 N–H and O–H groups in total. The molecule has 1 aromatic heterocycles. The Balaban J connectivity index is 1.98. The molecule has 1 saturated heterocycles. The van der Waals surface area contributed by atoms with Gasteiger partial charge in [-0.1, -0.05) is 20.8 Å². The number of urea groups is 1. The third kappa shape index (κ3) is 4.50. The predicted molar refractivity (Wildman–Crippen MR) is 89.0 cm³/mol. The lowest BCUT2D eigenvalue weighted by molar-refractivity contribution is 0.206. The zero-order chi connectivity index (χ0) is 17.3. The quantitative estimate of drug-likeness (QED) is 0.880. The lowest BCUT2D eigenvalue weighted by Crippen LogP contribution is -2.45. The number of amides is 2. The van der Waals surface area contributed by atoms with E-state index in [1.54, 1.807) is 0 Å². The van der Waals surface area contributed by atoms with E-state index in [0.29, 0.717) is 18.6 Å². The molecular weight excluding hydrogens is 316 g/mol. The van der Waals surface area contributed by atoms with Gasteiger partial charge in [-0.15, -0.1) is 0 Å². The van der Waals surface area contributed by atoms with Crippen LogP contribution < -0.4 is 10.6 Å². The van der Waals surface area contributed by atoms with E-state index in [-0.39, 0.29) is 29.8 Å². The van der Waals surface area contributed by atoms with Crippen LogP contribution in [0, 0.1) is 12.3 Å². The monoisotopic (exact) mass is 342 g/mol. The Labute approximate surface area is 137 Å². The van der Waals surface area contributed by atoms with Gasteiger partial charge in [0.25, 0.3) is 0 Å². The molecule has 0 aromatic carbocycles. The number of furan rings is 1. The number of carbonyl (C=O) groups is 1. The van der Waals surface area contributed by atoms with Crippen LogP contribution in [0.25, 0.3) is 0 Å². The molecule has 2 rings (SSSR count). The Hall–Kier alpha value is -1.50. The van der Waals surface area contributed by atoms with E-state index in [4.69, 9.17) is 4.42 Å². The molecule has 0 aliphatic carbocycles. The second kappa shape index (κ2) is 6.55. The van der Waals surface area contributed by atoms with Crippen molar-refractivity contribution in [1.82, 2.24) is 10.6 Å². The summed E-state index contributed by atoms with van der Waals surface area (Å²) in [6.07, 6.45) is 1.29. The Bertz CT molecular complexity index is 658. The summed E-state index contributed by atoms with van der Waals surface area (Å²) in [5.74, 6) is 1.70. The van der Waals surface area contributed by atoms with Crippen LogP contribution in [0.5, 0.6) is 0 Å². The Morgan fingerprint density at radius 1 is 1.39 bits per heavy atom. The van der Waals surface area contributed by atoms with E-state index < -0.39 is 15.1 Å². The largest absolute Gasteiger partial charge is 0.464 e. The Kier molecular flexibility index (Phi) is 5.08. The Morgan fingerprint density at radius 3 is 2.57 bits per heavy atom. The maximum Gasteiger partial charge on any atom is 0.315 e. The molecule has 7 heteroatoms. The summed E-state index contributed by atoms with van der Waals surface area (Å²) < 4.78 is 29.2. The molecule has 2 atom stereocenters.